The Bertz CT molecular complexity index is 725. The number of aromatic nitrogens is 2. The van der Waals surface area contributed by atoms with Crippen LogP contribution >= 0.6 is 0 Å². The Morgan fingerprint density at radius 3 is 2.47 bits per heavy atom. The monoisotopic (exact) mass is 228 g/mol. The van der Waals surface area contributed by atoms with E-state index in [9.17, 15) is 9.18 Å². The highest BCUT2D eigenvalue weighted by Gasteiger charge is 2.06. The van der Waals surface area contributed by atoms with Crippen LogP contribution in [-0.2, 0) is 0 Å². The third-order valence-electron chi connectivity index (χ3n) is 2.69. The van der Waals surface area contributed by atoms with Crippen LogP contribution in [0.3, 0.4) is 0 Å². The molecule has 17 heavy (non-hydrogen) atoms. The average molecular weight is 228 g/mol. The van der Waals surface area contributed by atoms with Gasteiger partial charge in [0.25, 0.3) is 5.56 Å². The number of benzene rings is 2. The second kappa shape index (κ2) is 3.59. The summed E-state index contributed by atoms with van der Waals surface area (Å²) >= 11 is 0. The van der Waals surface area contributed by atoms with E-state index in [0.29, 0.717) is 5.39 Å². The predicted molar refractivity (Wildman–Crippen MR) is 63.9 cm³/mol. The van der Waals surface area contributed by atoms with Crippen LogP contribution in [-0.4, -0.2) is 9.78 Å². The van der Waals surface area contributed by atoms with Gasteiger partial charge in [-0.2, -0.15) is 0 Å². The third kappa shape index (κ3) is 1.54. The van der Waals surface area contributed by atoms with Gasteiger partial charge in [-0.05, 0) is 36.4 Å². The first-order chi connectivity index (χ1) is 8.25. The van der Waals surface area contributed by atoms with Crippen LogP contribution in [0.1, 0.15) is 0 Å². The number of hydrogen-bond acceptors (Lipinski definition) is 1. The molecule has 0 atom stereocenters. The van der Waals surface area contributed by atoms with Gasteiger partial charge >= 0.3 is 0 Å². The number of para-hydroxylation sites is 1. The molecular formula is C13H9FN2O. The van der Waals surface area contributed by atoms with Gasteiger partial charge in [-0.15, -0.1) is 0 Å². The molecule has 0 fully saturated rings. The van der Waals surface area contributed by atoms with Gasteiger partial charge in [0, 0.05) is 0 Å². The summed E-state index contributed by atoms with van der Waals surface area (Å²) in [5.74, 6) is -0.299. The summed E-state index contributed by atoms with van der Waals surface area (Å²) in [5.41, 5.74) is 1.36. The van der Waals surface area contributed by atoms with Crippen LogP contribution in [0.15, 0.2) is 53.3 Å². The molecule has 1 heterocycles. The number of H-pyrrole nitrogens is 1. The summed E-state index contributed by atoms with van der Waals surface area (Å²) < 4.78 is 14.5. The molecule has 0 radical (unpaired) electrons. The molecule has 0 aliphatic heterocycles. The topological polar surface area (TPSA) is 37.8 Å². The van der Waals surface area contributed by atoms with Crippen molar-refractivity contribution in [3.63, 3.8) is 0 Å². The maximum absolute atomic E-state index is 12.8. The van der Waals surface area contributed by atoms with E-state index in [0.717, 1.165) is 11.2 Å². The van der Waals surface area contributed by atoms with Crippen LogP contribution in [0.5, 0.6) is 0 Å². The number of nitrogens with zero attached hydrogens (tertiary/aromatic N) is 1. The molecule has 1 N–H and O–H groups in total. The van der Waals surface area contributed by atoms with Crippen molar-refractivity contribution in [1.82, 2.24) is 9.78 Å². The van der Waals surface area contributed by atoms with Gasteiger partial charge in [0.1, 0.15) is 5.82 Å². The van der Waals surface area contributed by atoms with Crippen LogP contribution in [0.4, 0.5) is 4.39 Å². The van der Waals surface area contributed by atoms with E-state index in [-0.39, 0.29) is 11.4 Å². The maximum Gasteiger partial charge on any atom is 0.272 e. The van der Waals surface area contributed by atoms with Crippen molar-refractivity contribution < 1.29 is 4.39 Å². The van der Waals surface area contributed by atoms with Gasteiger partial charge in [0.05, 0.1) is 16.6 Å². The van der Waals surface area contributed by atoms with Gasteiger partial charge in [-0.3, -0.25) is 14.6 Å². The molecule has 1 aromatic heterocycles. The summed E-state index contributed by atoms with van der Waals surface area (Å²) in [6, 6.07) is 13.2. The highest BCUT2D eigenvalue weighted by Crippen LogP contribution is 2.15. The number of rotatable bonds is 1. The lowest BCUT2D eigenvalue weighted by molar-refractivity contribution is 0.627. The van der Waals surface area contributed by atoms with Gasteiger partial charge in [0.2, 0.25) is 0 Å². The summed E-state index contributed by atoms with van der Waals surface area (Å²) in [7, 11) is 0. The quantitative estimate of drug-likeness (QED) is 0.682. The van der Waals surface area contributed by atoms with E-state index >= 15 is 0 Å². The first kappa shape index (κ1) is 9.84. The maximum atomic E-state index is 12.8. The molecule has 0 amide bonds. The minimum atomic E-state index is -0.299. The average Bonchev–Trinajstić information content (AvgIpc) is 2.69. The molecule has 3 nitrogen and oxygen atoms in total. The number of hydrogen-bond donors (Lipinski definition) is 1. The molecule has 0 saturated heterocycles. The highest BCUT2D eigenvalue weighted by molar-refractivity contribution is 5.79. The fraction of sp³-hybridized carbons (Fsp3) is 0. The summed E-state index contributed by atoms with van der Waals surface area (Å²) in [6.45, 7) is 0. The highest BCUT2D eigenvalue weighted by atomic mass is 19.1. The molecule has 0 aliphatic rings. The normalized spacial score (nSPS) is 10.9. The first-order valence-electron chi connectivity index (χ1n) is 5.21. The molecule has 2 aromatic carbocycles. The smallest absolute Gasteiger partial charge is 0.267 e. The molecule has 0 bridgehead atoms. The summed E-state index contributed by atoms with van der Waals surface area (Å²) in [4.78, 5) is 11.7. The Labute approximate surface area is 96.1 Å². The van der Waals surface area contributed by atoms with Crippen molar-refractivity contribution in [2.75, 3.05) is 0 Å². The zero-order valence-electron chi connectivity index (χ0n) is 8.85. The lowest BCUT2D eigenvalue weighted by Crippen LogP contribution is -2.03. The van der Waals surface area contributed by atoms with Crippen LogP contribution in [0, 0.1) is 5.82 Å². The van der Waals surface area contributed by atoms with Crippen molar-refractivity contribution in [2.24, 2.45) is 0 Å². The minimum absolute atomic E-state index is 0.148. The largest absolute Gasteiger partial charge is 0.272 e. The number of halogens is 1. The van der Waals surface area contributed by atoms with Crippen molar-refractivity contribution in [1.29, 1.82) is 0 Å². The zero-order chi connectivity index (χ0) is 11.8. The predicted octanol–water partition coefficient (Wildman–Crippen LogP) is 2.46. The molecular weight excluding hydrogens is 219 g/mol. The van der Waals surface area contributed by atoms with Gasteiger partial charge in [0.15, 0.2) is 0 Å². The molecule has 0 saturated carbocycles. The molecule has 3 aromatic rings. The van der Waals surface area contributed by atoms with Gasteiger partial charge in [-0.1, -0.05) is 12.1 Å². The Balaban J connectivity index is 2.31. The molecule has 0 spiro atoms. The SMILES string of the molecule is O=c1[nH]n(-c2ccc(F)cc2)c2ccccc12. The van der Waals surface area contributed by atoms with Gasteiger partial charge < -0.3 is 0 Å². The summed E-state index contributed by atoms with van der Waals surface area (Å²) in [5, 5.41) is 3.35. The van der Waals surface area contributed by atoms with Crippen LogP contribution in [0.2, 0.25) is 0 Å². The van der Waals surface area contributed by atoms with Crippen molar-refractivity contribution in [2.45, 2.75) is 0 Å². The minimum Gasteiger partial charge on any atom is -0.267 e. The third-order valence-corrected chi connectivity index (χ3v) is 2.69. The second-order valence-electron chi connectivity index (χ2n) is 3.77. The van der Waals surface area contributed by atoms with E-state index in [1.807, 2.05) is 18.2 Å². The van der Waals surface area contributed by atoms with E-state index in [2.05, 4.69) is 5.10 Å². The molecule has 0 unspecified atom stereocenters. The lowest BCUT2D eigenvalue weighted by atomic mass is 10.2. The molecule has 84 valence electrons. The Morgan fingerprint density at radius 1 is 1.00 bits per heavy atom. The summed E-state index contributed by atoms with van der Waals surface area (Å²) in [6.07, 6.45) is 0. The van der Waals surface area contributed by atoms with E-state index in [4.69, 9.17) is 0 Å². The Hall–Kier alpha value is -2.36. The van der Waals surface area contributed by atoms with Crippen molar-refractivity contribution in [3.8, 4) is 5.69 Å². The number of nitrogens with one attached hydrogen (secondary N) is 1. The number of aromatic amines is 1. The van der Waals surface area contributed by atoms with Crippen LogP contribution in [0.25, 0.3) is 16.6 Å². The Morgan fingerprint density at radius 2 is 1.71 bits per heavy atom. The second-order valence-corrected chi connectivity index (χ2v) is 3.77. The van der Waals surface area contributed by atoms with E-state index in [1.54, 1.807) is 22.9 Å². The van der Waals surface area contributed by atoms with Crippen molar-refractivity contribution in [3.05, 3.63) is 64.7 Å². The fourth-order valence-electron chi connectivity index (χ4n) is 1.88. The molecule has 3 rings (SSSR count). The lowest BCUT2D eigenvalue weighted by Gasteiger charge is -2.03. The zero-order valence-corrected chi connectivity index (χ0v) is 8.85. The Kier molecular flexibility index (Phi) is 2.08. The molecule has 4 heteroatoms. The fourth-order valence-corrected chi connectivity index (χ4v) is 1.88. The van der Waals surface area contributed by atoms with E-state index in [1.165, 1.54) is 12.1 Å². The van der Waals surface area contributed by atoms with Crippen LogP contribution < -0.4 is 5.56 Å². The molecule has 0 aliphatic carbocycles. The standard InChI is InChI=1S/C13H9FN2O/c14-9-5-7-10(8-6-9)16-12-4-2-1-3-11(12)13(17)15-16/h1-8H,(H,15,17). The van der Waals surface area contributed by atoms with Gasteiger partial charge in [-0.25, -0.2) is 4.39 Å². The number of fused-ring (bicyclic) bond motifs is 1. The van der Waals surface area contributed by atoms with E-state index < -0.39 is 0 Å². The van der Waals surface area contributed by atoms with Crippen molar-refractivity contribution >= 4 is 10.9 Å². The first-order valence-corrected chi connectivity index (χ1v) is 5.21.